The predicted octanol–water partition coefficient (Wildman–Crippen LogP) is 0.980. The molecule has 1 rings (SSSR count). The van der Waals surface area contributed by atoms with Crippen molar-refractivity contribution in [2.75, 3.05) is 17.6 Å². The van der Waals surface area contributed by atoms with E-state index in [4.69, 9.17) is 5.14 Å². The Morgan fingerprint density at radius 3 is 2.35 bits per heavy atom. The lowest BCUT2D eigenvalue weighted by molar-refractivity contribution is 0.0988. The molecule has 3 N–H and O–H groups in total. The molecule has 0 aliphatic carbocycles. The fraction of sp³-hybridized carbons (Fsp3) is 0.364. The van der Waals surface area contributed by atoms with Gasteiger partial charge in [0.2, 0.25) is 10.0 Å². The predicted molar refractivity (Wildman–Crippen MR) is 67.5 cm³/mol. The van der Waals surface area contributed by atoms with Gasteiger partial charge in [-0.25, -0.2) is 13.6 Å². The van der Waals surface area contributed by atoms with Gasteiger partial charge in [0, 0.05) is 24.2 Å². The van der Waals surface area contributed by atoms with Crippen LogP contribution in [0.15, 0.2) is 24.3 Å². The van der Waals surface area contributed by atoms with E-state index < -0.39 is 10.0 Å². The largest absolute Gasteiger partial charge is 0.384 e. The number of ketones is 1. The first-order chi connectivity index (χ1) is 7.92. The minimum absolute atomic E-state index is 0.0843. The summed E-state index contributed by atoms with van der Waals surface area (Å²) in [5, 5.41) is 7.78. The lowest BCUT2D eigenvalue weighted by atomic mass is 10.1. The van der Waals surface area contributed by atoms with E-state index in [0.29, 0.717) is 12.0 Å². The molecule has 0 aromatic heterocycles. The molecule has 0 spiro atoms. The number of carbonyl (C=O) groups is 1. The van der Waals surface area contributed by atoms with Crippen molar-refractivity contribution in [3.63, 3.8) is 0 Å². The second-order valence-corrected chi connectivity index (χ2v) is 5.38. The standard InChI is InChI=1S/C11H16N2O3S/c1-2-11(14)9-3-5-10(6-4-9)13-7-8-17(12,15)16/h3-6,13H,2,7-8H2,1H3,(H2,12,15,16). The van der Waals surface area contributed by atoms with Crippen LogP contribution >= 0.6 is 0 Å². The molecule has 94 valence electrons. The maximum atomic E-state index is 11.4. The summed E-state index contributed by atoms with van der Waals surface area (Å²) < 4.78 is 21.4. The van der Waals surface area contributed by atoms with Gasteiger partial charge in [-0.15, -0.1) is 0 Å². The number of anilines is 1. The summed E-state index contributed by atoms with van der Waals surface area (Å²) in [6.45, 7) is 2.06. The van der Waals surface area contributed by atoms with Gasteiger partial charge in [-0.05, 0) is 24.3 Å². The number of primary sulfonamides is 1. The van der Waals surface area contributed by atoms with Gasteiger partial charge in [0.1, 0.15) is 0 Å². The van der Waals surface area contributed by atoms with Crippen molar-refractivity contribution < 1.29 is 13.2 Å². The zero-order chi connectivity index (χ0) is 12.9. The third-order valence-corrected chi connectivity index (χ3v) is 3.02. The summed E-state index contributed by atoms with van der Waals surface area (Å²) in [4.78, 5) is 11.4. The molecular formula is C11H16N2O3S. The van der Waals surface area contributed by atoms with Crippen molar-refractivity contribution in [3.8, 4) is 0 Å². The van der Waals surface area contributed by atoms with Crippen LogP contribution in [0.2, 0.25) is 0 Å². The van der Waals surface area contributed by atoms with Gasteiger partial charge in [0.25, 0.3) is 0 Å². The average Bonchev–Trinajstić information content (AvgIpc) is 2.27. The summed E-state index contributed by atoms with van der Waals surface area (Å²) in [5.41, 5.74) is 1.42. The van der Waals surface area contributed by atoms with E-state index in [0.717, 1.165) is 5.69 Å². The minimum Gasteiger partial charge on any atom is -0.384 e. The number of benzene rings is 1. The SMILES string of the molecule is CCC(=O)c1ccc(NCCS(N)(=O)=O)cc1. The van der Waals surface area contributed by atoms with Crippen LogP contribution in [0.1, 0.15) is 23.7 Å². The summed E-state index contributed by atoms with van der Waals surface area (Å²) >= 11 is 0. The zero-order valence-electron chi connectivity index (χ0n) is 9.64. The molecule has 0 saturated carbocycles. The molecule has 0 atom stereocenters. The fourth-order valence-corrected chi connectivity index (χ4v) is 1.70. The van der Waals surface area contributed by atoms with Gasteiger partial charge in [0.05, 0.1) is 5.75 Å². The fourth-order valence-electron chi connectivity index (χ4n) is 1.32. The molecular weight excluding hydrogens is 240 g/mol. The molecule has 5 nitrogen and oxygen atoms in total. The van der Waals surface area contributed by atoms with E-state index in [1.54, 1.807) is 31.2 Å². The highest BCUT2D eigenvalue weighted by atomic mass is 32.2. The molecule has 0 aliphatic rings. The molecule has 0 unspecified atom stereocenters. The molecule has 0 bridgehead atoms. The maximum absolute atomic E-state index is 11.4. The Bertz CT molecular complexity index is 480. The van der Waals surface area contributed by atoms with Crippen molar-refractivity contribution >= 4 is 21.5 Å². The van der Waals surface area contributed by atoms with Crippen molar-refractivity contribution in [3.05, 3.63) is 29.8 Å². The number of rotatable bonds is 6. The van der Waals surface area contributed by atoms with Crippen molar-refractivity contribution in [1.82, 2.24) is 0 Å². The van der Waals surface area contributed by atoms with Crippen molar-refractivity contribution in [1.29, 1.82) is 0 Å². The van der Waals surface area contributed by atoms with Crippen LogP contribution in [-0.4, -0.2) is 26.5 Å². The Labute approximate surface area is 101 Å². The molecule has 6 heteroatoms. The zero-order valence-corrected chi connectivity index (χ0v) is 10.5. The second kappa shape index (κ2) is 5.79. The lowest BCUT2D eigenvalue weighted by Gasteiger charge is -2.06. The van der Waals surface area contributed by atoms with Crippen molar-refractivity contribution in [2.45, 2.75) is 13.3 Å². The molecule has 0 radical (unpaired) electrons. The van der Waals surface area contributed by atoms with E-state index in [2.05, 4.69) is 5.32 Å². The molecule has 0 aliphatic heterocycles. The number of nitrogens with two attached hydrogens (primary N) is 1. The topological polar surface area (TPSA) is 89.3 Å². The minimum atomic E-state index is -3.44. The van der Waals surface area contributed by atoms with E-state index in [-0.39, 0.29) is 18.1 Å². The van der Waals surface area contributed by atoms with Gasteiger partial charge in [-0.3, -0.25) is 4.79 Å². The Kier molecular flexibility index (Phi) is 4.65. The summed E-state index contributed by atoms with van der Waals surface area (Å²) in [5.74, 6) is -0.0380. The van der Waals surface area contributed by atoms with Crippen molar-refractivity contribution in [2.24, 2.45) is 5.14 Å². The highest BCUT2D eigenvalue weighted by Gasteiger charge is 2.03. The summed E-state index contributed by atoms with van der Waals surface area (Å²) in [7, 11) is -3.44. The monoisotopic (exact) mass is 256 g/mol. The van der Waals surface area contributed by atoms with Gasteiger partial charge < -0.3 is 5.32 Å². The van der Waals surface area contributed by atoms with E-state index >= 15 is 0 Å². The maximum Gasteiger partial charge on any atom is 0.210 e. The number of Topliss-reactive ketones (excluding diaryl/α,β-unsaturated/α-hetero) is 1. The van der Waals surface area contributed by atoms with Crippen LogP contribution in [0.3, 0.4) is 0 Å². The Morgan fingerprint density at radius 1 is 1.29 bits per heavy atom. The molecule has 1 aromatic rings. The van der Waals surface area contributed by atoms with Gasteiger partial charge in [0.15, 0.2) is 5.78 Å². The summed E-state index contributed by atoms with van der Waals surface area (Å²) in [6.07, 6.45) is 0.470. The van der Waals surface area contributed by atoms with Crippen LogP contribution in [0.25, 0.3) is 0 Å². The Hall–Kier alpha value is -1.40. The highest BCUT2D eigenvalue weighted by molar-refractivity contribution is 7.89. The van der Waals surface area contributed by atoms with Crippen LogP contribution in [0.5, 0.6) is 0 Å². The normalized spacial score (nSPS) is 11.2. The first-order valence-electron chi connectivity index (χ1n) is 5.30. The van der Waals surface area contributed by atoms with E-state index in [1.165, 1.54) is 0 Å². The lowest BCUT2D eigenvalue weighted by Crippen LogP contribution is -2.22. The highest BCUT2D eigenvalue weighted by Crippen LogP contribution is 2.10. The first-order valence-corrected chi connectivity index (χ1v) is 7.01. The van der Waals surface area contributed by atoms with Crippen LogP contribution < -0.4 is 10.5 Å². The molecule has 0 amide bonds. The van der Waals surface area contributed by atoms with Gasteiger partial charge in [-0.1, -0.05) is 6.92 Å². The van der Waals surface area contributed by atoms with Gasteiger partial charge >= 0.3 is 0 Å². The third kappa shape index (κ3) is 4.97. The summed E-state index contributed by atoms with van der Waals surface area (Å²) in [6, 6.07) is 6.91. The Balaban J connectivity index is 2.54. The number of hydrogen-bond donors (Lipinski definition) is 2. The first kappa shape index (κ1) is 13.7. The molecule has 17 heavy (non-hydrogen) atoms. The second-order valence-electron chi connectivity index (χ2n) is 3.65. The van der Waals surface area contributed by atoms with E-state index in [1.807, 2.05) is 0 Å². The van der Waals surface area contributed by atoms with Crippen LogP contribution in [-0.2, 0) is 10.0 Å². The smallest absolute Gasteiger partial charge is 0.210 e. The average molecular weight is 256 g/mol. The van der Waals surface area contributed by atoms with Crippen LogP contribution in [0.4, 0.5) is 5.69 Å². The Morgan fingerprint density at radius 2 is 1.88 bits per heavy atom. The number of carbonyl (C=O) groups excluding carboxylic acids is 1. The van der Waals surface area contributed by atoms with E-state index in [9.17, 15) is 13.2 Å². The number of sulfonamides is 1. The quantitative estimate of drug-likeness (QED) is 0.742. The molecule has 1 aromatic carbocycles. The third-order valence-electron chi connectivity index (χ3n) is 2.24. The van der Waals surface area contributed by atoms with Crippen LogP contribution in [0, 0.1) is 0 Å². The number of hydrogen-bond acceptors (Lipinski definition) is 4. The molecule has 0 saturated heterocycles. The molecule has 0 heterocycles. The van der Waals surface area contributed by atoms with Gasteiger partial charge in [-0.2, -0.15) is 0 Å². The molecule has 0 fully saturated rings. The number of nitrogens with one attached hydrogen (secondary N) is 1.